The number of hydrogen-bond acceptors (Lipinski definition) is 4. The third kappa shape index (κ3) is 5.64. The van der Waals surface area contributed by atoms with Crippen molar-refractivity contribution in [3.05, 3.63) is 113 Å². The number of aromatic amines is 1. The Balaban J connectivity index is 1.53. The number of amides is 1. The van der Waals surface area contributed by atoms with Crippen molar-refractivity contribution in [3.8, 4) is 5.75 Å². The number of imidazole rings is 1. The molecule has 4 aromatic rings. The summed E-state index contributed by atoms with van der Waals surface area (Å²) in [5.41, 5.74) is 1.56. The first-order valence-electron chi connectivity index (χ1n) is 13.8. The van der Waals surface area contributed by atoms with Gasteiger partial charge in [-0.25, -0.2) is 18.6 Å². The summed E-state index contributed by atoms with van der Waals surface area (Å²) in [6.45, 7) is 3.78. The molecule has 0 radical (unpaired) electrons. The van der Waals surface area contributed by atoms with Gasteiger partial charge in [-0.05, 0) is 48.7 Å². The van der Waals surface area contributed by atoms with Gasteiger partial charge in [0.1, 0.15) is 11.6 Å². The molecule has 0 bridgehead atoms. The van der Waals surface area contributed by atoms with Crippen molar-refractivity contribution in [1.82, 2.24) is 15.3 Å². The Labute approximate surface area is 252 Å². The summed E-state index contributed by atoms with van der Waals surface area (Å²) in [6.07, 6.45) is 6.67. The van der Waals surface area contributed by atoms with Crippen molar-refractivity contribution in [3.63, 3.8) is 0 Å². The van der Waals surface area contributed by atoms with Crippen LogP contribution < -0.4 is 10.1 Å². The molecule has 5 rings (SSSR count). The Morgan fingerprint density at radius 2 is 1.91 bits per heavy atom. The van der Waals surface area contributed by atoms with Crippen LogP contribution in [0.4, 0.5) is 8.78 Å². The first kappa shape index (κ1) is 30.0. The quantitative estimate of drug-likeness (QED) is 0.173. The zero-order valence-corrected chi connectivity index (χ0v) is 24.5. The second-order valence-electron chi connectivity index (χ2n) is 10.6. The number of aromatic nitrogens is 2. The number of methoxy groups -OCH3 is 1. The van der Waals surface area contributed by atoms with E-state index in [0.717, 1.165) is 12.0 Å². The van der Waals surface area contributed by atoms with E-state index in [2.05, 4.69) is 15.3 Å². The van der Waals surface area contributed by atoms with Gasteiger partial charge in [0, 0.05) is 28.7 Å². The summed E-state index contributed by atoms with van der Waals surface area (Å²) >= 11 is 6.89. The maximum absolute atomic E-state index is 14.4. The largest absolute Gasteiger partial charge is 0.494 e. The number of aromatic carboxylic acids is 1. The summed E-state index contributed by atoms with van der Waals surface area (Å²) in [6, 6.07) is 12.8. The Morgan fingerprint density at radius 3 is 2.58 bits per heavy atom. The minimum atomic E-state index is -1.23. The van der Waals surface area contributed by atoms with E-state index in [-0.39, 0.29) is 28.7 Å². The fraction of sp³-hybridized carbons (Fsp3) is 0.242. The Hall–Kier alpha value is -4.50. The highest BCUT2D eigenvalue weighted by molar-refractivity contribution is 6.24. The number of carbonyl (C=O) groups excluding carboxylic acids is 1. The van der Waals surface area contributed by atoms with Crippen LogP contribution >= 0.6 is 11.6 Å². The number of nitrogens with one attached hydrogen (secondary N) is 2. The van der Waals surface area contributed by atoms with Crippen LogP contribution in [-0.4, -0.2) is 39.4 Å². The molecular formula is C33H30ClF2N3O4. The topological polar surface area (TPSA) is 104 Å². The predicted octanol–water partition coefficient (Wildman–Crippen LogP) is 7.34. The first-order valence-corrected chi connectivity index (χ1v) is 14.2. The summed E-state index contributed by atoms with van der Waals surface area (Å²) < 4.78 is 33.0. The number of allylic oxidation sites excluding steroid dienone is 4. The molecule has 0 aliphatic heterocycles. The van der Waals surface area contributed by atoms with Gasteiger partial charge in [-0.15, -0.1) is 11.6 Å². The average Bonchev–Trinajstić information content (AvgIpc) is 3.40. The third-order valence-electron chi connectivity index (χ3n) is 7.89. The lowest BCUT2D eigenvalue weighted by molar-refractivity contribution is 0.0694. The highest BCUT2D eigenvalue weighted by atomic mass is 35.5. The molecule has 0 fully saturated rings. The summed E-state index contributed by atoms with van der Waals surface area (Å²) in [5.74, 6) is -2.19. The molecule has 3 atom stereocenters. The van der Waals surface area contributed by atoms with Gasteiger partial charge in [-0.3, -0.25) is 4.79 Å². The van der Waals surface area contributed by atoms with Gasteiger partial charge in [-0.2, -0.15) is 0 Å². The molecule has 1 aliphatic rings. The molecule has 0 spiro atoms. The first-order chi connectivity index (χ1) is 20.6. The second-order valence-corrected chi connectivity index (χ2v) is 11.1. The number of carbonyl (C=O) groups is 2. The van der Waals surface area contributed by atoms with E-state index >= 15 is 0 Å². The molecule has 10 heteroatoms. The maximum Gasteiger partial charge on any atom is 0.336 e. The van der Waals surface area contributed by atoms with Crippen molar-refractivity contribution in [2.24, 2.45) is 0 Å². The molecule has 0 saturated carbocycles. The van der Waals surface area contributed by atoms with E-state index in [4.69, 9.17) is 16.3 Å². The molecule has 1 heterocycles. The molecule has 3 N–H and O–H groups in total. The van der Waals surface area contributed by atoms with Crippen LogP contribution in [0.3, 0.4) is 0 Å². The Bertz CT molecular complexity index is 1770. The molecule has 3 aromatic carbocycles. The number of carboxylic acids is 1. The van der Waals surface area contributed by atoms with E-state index in [1.807, 2.05) is 13.8 Å². The SMILES string of the molecule is CCCC(NC(=O)c1ccc(C2(C)C(c3nc4cc(OC)c(F)cc4[nH]3)=CC=C[C@@H]2Cl)c(C(=O)O)c1)c1ccc(F)cc1. The number of carboxylic acid groups (broad SMARTS) is 1. The average molecular weight is 606 g/mol. The molecule has 1 aliphatic carbocycles. The summed E-state index contributed by atoms with van der Waals surface area (Å²) in [4.78, 5) is 33.8. The van der Waals surface area contributed by atoms with Gasteiger partial charge in [0.2, 0.25) is 0 Å². The lowest BCUT2D eigenvalue weighted by Crippen LogP contribution is -2.37. The van der Waals surface area contributed by atoms with E-state index < -0.39 is 28.5 Å². The number of hydrogen-bond donors (Lipinski definition) is 3. The molecule has 0 saturated heterocycles. The van der Waals surface area contributed by atoms with Crippen molar-refractivity contribution in [1.29, 1.82) is 0 Å². The molecule has 7 nitrogen and oxygen atoms in total. The van der Waals surface area contributed by atoms with E-state index in [1.54, 1.807) is 42.5 Å². The fourth-order valence-corrected chi connectivity index (χ4v) is 5.86. The summed E-state index contributed by atoms with van der Waals surface area (Å²) in [7, 11) is 1.37. The lowest BCUT2D eigenvalue weighted by atomic mass is 9.69. The van der Waals surface area contributed by atoms with Crippen LogP contribution in [0.5, 0.6) is 5.75 Å². The van der Waals surface area contributed by atoms with E-state index in [0.29, 0.717) is 34.4 Å². The number of nitrogens with zero attached hydrogens (tertiary/aromatic N) is 1. The standard InChI is InChI=1S/C33H30ClF2N3O4/c1-4-6-25(18-9-12-20(35)13-10-18)39-31(40)19-11-14-22(21(15-19)32(41)42)33(2)23(7-5-8-29(33)34)30-37-26-16-24(36)28(43-3)17-27(26)38-30/h5,7-17,25,29H,4,6H2,1-3H3,(H,37,38)(H,39,40)(H,41,42)/t25?,29-,33?/m0/s1. The van der Waals surface area contributed by atoms with Gasteiger partial charge >= 0.3 is 5.97 Å². The Morgan fingerprint density at radius 1 is 1.16 bits per heavy atom. The number of alkyl halides is 1. The molecule has 43 heavy (non-hydrogen) atoms. The van der Waals surface area contributed by atoms with Crippen molar-refractivity contribution in [2.45, 2.75) is 43.5 Å². The van der Waals surface area contributed by atoms with E-state index in [9.17, 15) is 23.5 Å². The Kier molecular flexibility index (Phi) is 8.37. The van der Waals surface area contributed by atoms with Crippen LogP contribution in [0.1, 0.15) is 70.4 Å². The van der Waals surface area contributed by atoms with Crippen LogP contribution in [0.25, 0.3) is 16.6 Å². The van der Waals surface area contributed by atoms with Gasteiger partial charge < -0.3 is 20.1 Å². The second kappa shape index (κ2) is 12.0. The minimum absolute atomic E-state index is 0.0451. The van der Waals surface area contributed by atoms with Gasteiger partial charge in [0.05, 0.1) is 35.1 Å². The number of H-pyrrole nitrogens is 1. The highest BCUT2D eigenvalue weighted by Crippen LogP contribution is 2.47. The number of rotatable bonds is 9. The van der Waals surface area contributed by atoms with Crippen LogP contribution in [-0.2, 0) is 5.41 Å². The smallest absolute Gasteiger partial charge is 0.336 e. The zero-order chi connectivity index (χ0) is 30.9. The van der Waals surface area contributed by atoms with Crippen molar-refractivity contribution in [2.75, 3.05) is 7.11 Å². The van der Waals surface area contributed by atoms with Gasteiger partial charge in [0.15, 0.2) is 11.6 Å². The number of fused-ring (bicyclic) bond motifs is 1. The zero-order valence-electron chi connectivity index (χ0n) is 23.8. The van der Waals surface area contributed by atoms with Crippen molar-refractivity contribution < 1.29 is 28.2 Å². The molecular weight excluding hydrogens is 576 g/mol. The predicted molar refractivity (Wildman–Crippen MR) is 162 cm³/mol. The van der Waals surface area contributed by atoms with Crippen LogP contribution in [0, 0.1) is 11.6 Å². The van der Waals surface area contributed by atoms with E-state index in [1.165, 1.54) is 37.4 Å². The normalized spacial score (nSPS) is 18.7. The molecule has 2 unspecified atom stereocenters. The minimum Gasteiger partial charge on any atom is -0.494 e. The lowest BCUT2D eigenvalue weighted by Gasteiger charge is -2.38. The monoisotopic (exact) mass is 605 g/mol. The number of ether oxygens (including phenoxy) is 1. The summed E-state index contributed by atoms with van der Waals surface area (Å²) in [5, 5.41) is 12.6. The van der Waals surface area contributed by atoms with Crippen LogP contribution in [0.15, 0.2) is 72.8 Å². The fourth-order valence-electron chi connectivity index (χ4n) is 5.54. The van der Waals surface area contributed by atoms with Gasteiger partial charge in [0.25, 0.3) is 5.91 Å². The molecule has 1 amide bonds. The number of benzene rings is 3. The third-order valence-corrected chi connectivity index (χ3v) is 8.47. The highest BCUT2D eigenvalue weighted by Gasteiger charge is 2.43. The van der Waals surface area contributed by atoms with Crippen molar-refractivity contribution >= 4 is 40.1 Å². The molecule has 1 aromatic heterocycles. The van der Waals surface area contributed by atoms with Gasteiger partial charge in [-0.1, -0.05) is 49.8 Å². The van der Waals surface area contributed by atoms with Crippen LogP contribution in [0.2, 0.25) is 0 Å². The molecule has 222 valence electrons. The maximum atomic E-state index is 14.4. The number of halogens is 3.